The highest BCUT2D eigenvalue weighted by Crippen LogP contribution is 2.41. The summed E-state index contributed by atoms with van der Waals surface area (Å²) < 4.78 is 5.20. The number of ether oxygens (including phenoxy) is 1. The van der Waals surface area contributed by atoms with Gasteiger partial charge in [0, 0.05) is 0 Å². The van der Waals surface area contributed by atoms with E-state index in [1.807, 2.05) is 60.7 Å². The van der Waals surface area contributed by atoms with E-state index in [2.05, 4.69) is 34.3 Å². The zero-order valence-corrected chi connectivity index (χ0v) is 22.4. The fraction of sp³-hybridized carbons (Fsp3) is 0.387. The van der Waals surface area contributed by atoms with Crippen molar-refractivity contribution in [3.63, 3.8) is 0 Å². The van der Waals surface area contributed by atoms with Crippen molar-refractivity contribution in [2.45, 2.75) is 44.1 Å². The first-order valence-corrected chi connectivity index (χ1v) is 13.1. The monoisotopic (exact) mass is 522 g/mol. The summed E-state index contributed by atoms with van der Waals surface area (Å²) in [7, 11) is 1.64. The highest BCUT2D eigenvalue weighted by atomic mass is 35.5. The molecule has 1 saturated heterocycles. The molecule has 0 atom stereocenters. The van der Waals surface area contributed by atoms with Crippen LogP contribution in [0.2, 0.25) is 0 Å². The molecule has 0 saturated carbocycles. The van der Waals surface area contributed by atoms with Crippen LogP contribution in [-0.4, -0.2) is 47.7 Å². The largest absolute Gasteiger partial charge is 0.497 e. The summed E-state index contributed by atoms with van der Waals surface area (Å²) in [6, 6.07) is 27.9. The lowest BCUT2D eigenvalue weighted by atomic mass is 9.72. The lowest BCUT2D eigenvalue weighted by Gasteiger charge is -2.42. The van der Waals surface area contributed by atoms with Gasteiger partial charge >= 0.3 is 0 Å². The van der Waals surface area contributed by atoms with Gasteiger partial charge in [0.1, 0.15) is 11.4 Å². The SMILES string of the molecule is COc1ccc(C(CCCCCN2CCC(C(O)(c3ccccc3)c3ccccc3)CC2)=NO)cc1.Cl. The highest BCUT2D eigenvalue weighted by Gasteiger charge is 2.41. The number of hydrogen-bond donors (Lipinski definition) is 2. The van der Waals surface area contributed by atoms with Gasteiger partial charge in [0.2, 0.25) is 0 Å². The molecular formula is C31H39ClN2O3. The van der Waals surface area contributed by atoms with E-state index in [4.69, 9.17) is 4.74 Å². The Balaban J connectivity index is 0.00000380. The Labute approximate surface area is 227 Å². The van der Waals surface area contributed by atoms with Gasteiger partial charge in [-0.3, -0.25) is 0 Å². The minimum Gasteiger partial charge on any atom is -0.497 e. The van der Waals surface area contributed by atoms with Crippen LogP contribution in [0.4, 0.5) is 0 Å². The molecule has 1 aliphatic heterocycles. The Morgan fingerprint density at radius 2 is 1.43 bits per heavy atom. The average Bonchev–Trinajstić information content (AvgIpc) is 2.96. The van der Waals surface area contributed by atoms with Crippen molar-refractivity contribution in [2.75, 3.05) is 26.7 Å². The molecule has 37 heavy (non-hydrogen) atoms. The number of nitrogens with zero attached hydrogens (tertiary/aromatic N) is 2. The number of piperidine rings is 1. The van der Waals surface area contributed by atoms with E-state index in [9.17, 15) is 10.3 Å². The molecule has 0 radical (unpaired) electrons. The van der Waals surface area contributed by atoms with Crippen molar-refractivity contribution in [3.05, 3.63) is 102 Å². The van der Waals surface area contributed by atoms with Gasteiger partial charge in [-0.1, -0.05) is 72.2 Å². The van der Waals surface area contributed by atoms with Gasteiger partial charge in [-0.2, -0.15) is 0 Å². The maximum Gasteiger partial charge on any atom is 0.118 e. The van der Waals surface area contributed by atoms with E-state index in [1.54, 1.807) is 7.11 Å². The zero-order valence-electron chi connectivity index (χ0n) is 21.6. The highest BCUT2D eigenvalue weighted by molar-refractivity contribution is 6.00. The van der Waals surface area contributed by atoms with Gasteiger partial charge in [-0.15, -0.1) is 12.4 Å². The van der Waals surface area contributed by atoms with Gasteiger partial charge in [-0.25, -0.2) is 0 Å². The van der Waals surface area contributed by atoms with Gasteiger partial charge in [0.05, 0.1) is 12.8 Å². The maximum absolute atomic E-state index is 12.1. The van der Waals surface area contributed by atoms with Crippen LogP contribution in [0.15, 0.2) is 90.1 Å². The van der Waals surface area contributed by atoms with E-state index < -0.39 is 5.60 Å². The standard InChI is InChI=1S/C31H38N2O3.ClH/c1-36-29-18-16-25(17-19-29)30(32-35)15-9-4-10-22-33-23-20-28(21-24-33)31(34,26-11-5-2-6-12-26)27-13-7-3-8-14-27;/h2-3,5-8,11-14,16-19,28,34-35H,4,9-10,15,20-24H2,1H3;1H. The summed E-state index contributed by atoms with van der Waals surface area (Å²) in [5, 5.41) is 25.0. The molecule has 2 N–H and O–H groups in total. The van der Waals surface area contributed by atoms with Crippen LogP contribution in [-0.2, 0) is 5.60 Å². The number of rotatable bonds is 11. The summed E-state index contributed by atoms with van der Waals surface area (Å²) in [6.45, 7) is 3.07. The molecule has 3 aromatic carbocycles. The van der Waals surface area contributed by atoms with Crippen LogP contribution in [0, 0.1) is 5.92 Å². The molecule has 0 aromatic heterocycles. The zero-order chi connectivity index (χ0) is 25.2. The Hall–Kier alpha value is -2.86. The molecule has 1 aliphatic rings. The van der Waals surface area contributed by atoms with Gasteiger partial charge < -0.3 is 20.0 Å². The quantitative estimate of drug-likeness (QED) is 0.130. The number of oxime groups is 1. The van der Waals surface area contributed by atoms with Gasteiger partial charge in [0.15, 0.2) is 0 Å². The predicted octanol–water partition coefficient (Wildman–Crippen LogP) is 6.50. The van der Waals surface area contributed by atoms with Gasteiger partial charge in [-0.05, 0) is 98.6 Å². The van der Waals surface area contributed by atoms with Crippen molar-refractivity contribution in [1.29, 1.82) is 0 Å². The van der Waals surface area contributed by atoms with Crippen LogP contribution < -0.4 is 4.74 Å². The lowest BCUT2D eigenvalue weighted by molar-refractivity contribution is -0.0143. The fourth-order valence-electron chi connectivity index (χ4n) is 5.44. The second kappa shape index (κ2) is 14.2. The molecule has 3 aromatic rings. The van der Waals surface area contributed by atoms with Crippen molar-refractivity contribution in [2.24, 2.45) is 11.1 Å². The molecule has 5 nitrogen and oxygen atoms in total. The Kier molecular flexibility index (Phi) is 11.0. The number of aliphatic hydroxyl groups is 1. The summed E-state index contributed by atoms with van der Waals surface area (Å²) in [5.74, 6) is 0.983. The Morgan fingerprint density at radius 3 is 1.95 bits per heavy atom. The molecule has 0 amide bonds. The second-order valence-corrected chi connectivity index (χ2v) is 9.70. The average molecular weight is 523 g/mol. The van der Waals surface area contributed by atoms with Crippen molar-refractivity contribution in [1.82, 2.24) is 4.90 Å². The third-order valence-electron chi connectivity index (χ3n) is 7.54. The van der Waals surface area contributed by atoms with Crippen LogP contribution in [0.1, 0.15) is 55.2 Å². The molecule has 0 aliphatic carbocycles. The smallest absolute Gasteiger partial charge is 0.118 e. The van der Waals surface area contributed by atoms with Crippen LogP contribution in [0.25, 0.3) is 0 Å². The Bertz CT molecular complexity index is 1040. The van der Waals surface area contributed by atoms with Gasteiger partial charge in [0.25, 0.3) is 0 Å². The topological polar surface area (TPSA) is 65.3 Å². The molecule has 1 fully saturated rings. The number of hydrogen-bond acceptors (Lipinski definition) is 5. The van der Waals surface area contributed by atoms with E-state index in [0.717, 1.165) is 86.3 Å². The van der Waals surface area contributed by atoms with Crippen molar-refractivity contribution < 1.29 is 15.1 Å². The normalized spacial score (nSPS) is 15.2. The van der Waals surface area contributed by atoms with E-state index in [-0.39, 0.29) is 18.3 Å². The third kappa shape index (κ3) is 7.13. The summed E-state index contributed by atoms with van der Waals surface area (Å²) in [4.78, 5) is 2.53. The number of likely N-dealkylation sites (tertiary alicyclic amines) is 1. The van der Waals surface area contributed by atoms with Crippen molar-refractivity contribution >= 4 is 18.1 Å². The second-order valence-electron chi connectivity index (χ2n) is 9.70. The predicted molar refractivity (Wildman–Crippen MR) is 152 cm³/mol. The maximum atomic E-state index is 12.1. The minimum atomic E-state index is -0.962. The molecule has 0 spiro atoms. The Morgan fingerprint density at radius 1 is 0.865 bits per heavy atom. The van der Waals surface area contributed by atoms with Crippen LogP contribution in [0.5, 0.6) is 5.75 Å². The molecule has 198 valence electrons. The molecule has 6 heteroatoms. The summed E-state index contributed by atoms with van der Waals surface area (Å²) in [6.07, 6.45) is 5.90. The van der Waals surface area contributed by atoms with E-state index in [1.165, 1.54) is 0 Å². The molecule has 4 rings (SSSR count). The number of methoxy groups -OCH3 is 1. The fourth-order valence-corrected chi connectivity index (χ4v) is 5.44. The molecule has 1 heterocycles. The minimum absolute atomic E-state index is 0. The van der Waals surface area contributed by atoms with Crippen LogP contribution in [0.3, 0.4) is 0 Å². The first kappa shape index (κ1) is 28.7. The first-order chi connectivity index (χ1) is 17.6. The summed E-state index contributed by atoms with van der Waals surface area (Å²) in [5.41, 5.74) is 2.65. The number of unbranched alkanes of at least 4 members (excludes halogenated alkanes) is 2. The first-order valence-electron chi connectivity index (χ1n) is 13.1. The number of benzene rings is 3. The molecule has 0 bridgehead atoms. The molecule has 0 unspecified atom stereocenters. The van der Waals surface area contributed by atoms with Crippen LogP contribution >= 0.6 is 12.4 Å². The summed E-state index contributed by atoms with van der Waals surface area (Å²) >= 11 is 0. The van der Waals surface area contributed by atoms with E-state index >= 15 is 0 Å². The van der Waals surface area contributed by atoms with E-state index in [0.29, 0.717) is 0 Å². The lowest BCUT2D eigenvalue weighted by Crippen LogP contribution is -2.44. The number of halogens is 1. The molecular weight excluding hydrogens is 484 g/mol. The van der Waals surface area contributed by atoms with Crippen molar-refractivity contribution in [3.8, 4) is 5.75 Å². The third-order valence-corrected chi connectivity index (χ3v) is 7.54.